The van der Waals surface area contributed by atoms with Crippen LogP contribution in [0, 0.1) is 0 Å². The Balaban J connectivity index is 0. The summed E-state index contributed by atoms with van der Waals surface area (Å²) in [6.07, 6.45) is 17.7. The van der Waals surface area contributed by atoms with E-state index in [0.29, 0.717) is 6.42 Å². The van der Waals surface area contributed by atoms with E-state index in [1.165, 1.54) is 51.4 Å². The molecule has 0 spiro atoms. The molecule has 6 heteroatoms. The predicted octanol–water partition coefficient (Wildman–Crippen LogP) is 2.16. The van der Waals surface area contributed by atoms with E-state index in [1.54, 1.807) is 0 Å². The second kappa shape index (κ2) is 19.6. The van der Waals surface area contributed by atoms with Crippen LogP contribution in [-0.2, 0) is 10.1 Å². The van der Waals surface area contributed by atoms with Crippen molar-refractivity contribution in [2.75, 3.05) is 5.75 Å². The molecule has 0 saturated heterocycles. The van der Waals surface area contributed by atoms with Crippen LogP contribution >= 0.6 is 0 Å². The predicted molar refractivity (Wildman–Crippen MR) is 100 cm³/mol. The summed E-state index contributed by atoms with van der Waals surface area (Å²) >= 11 is 0. The maximum atomic E-state index is 10.4. The van der Waals surface area contributed by atoms with E-state index >= 15 is 0 Å². The molecule has 0 saturated carbocycles. The molecule has 0 radical (unpaired) electrons. The van der Waals surface area contributed by atoms with Crippen molar-refractivity contribution in [2.24, 2.45) is 0 Å². The first-order chi connectivity index (χ1) is 11.5. The van der Waals surface area contributed by atoms with E-state index in [2.05, 4.69) is 6.92 Å². The third-order valence-electron chi connectivity index (χ3n) is 4.57. The number of hydrogen-bond donors (Lipinski definition) is 1. The van der Waals surface area contributed by atoms with E-state index in [9.17, 15) is 18.1 Å². The van der Waals surface area contributed by atoms with Crippen LogP contribution in [0.4, 0.5) is 0 Å². The quantitative estimate of drug-likeness (QED) is 0.222. The van der Waals surface area contributed by atoms with Crippen molar-refractivity contribution in [1.82, 2.24) is 0 Å². The van der Waals surface area contributed by atoms with Crippen LogP contribution < -0.4 is 29.6 Å². The monoisotopic (exact) mass is 386 g/mol. The van der Waals surface area contributed by atoms with Crippen molar-refractivity contribution < 1.29 is 47.6 Å². The molecule has 0 aliphatic heterocycles. The molecule has 1 atom stereocenters. The van der Waals surface area contributed by atoms with Gasteiger partial charge in [0, 0.05) is 5.75 Å². The third-order valence-corrected chi connectivity index (χ3v) is 5.36. The SMILES string of the molecule is CCCC[C@@H](O)CCCCCCCCCCCCCCS(=O)(=O)[O-].[Na+]. The van der Waals surface area contributed by atoms with Gasteiger partial charge < -0.3 is 9.66 Å². The Morgan fingerprint density at radius 2 is 1.08 bits per heavy atom. The summed E-state index contributed by atoms with van der Waals surface area (Å²) in [6.45, 7) is 2.16. The molecule has 0 aliphatic rings. The molecule has 1 N–H and O–H groups in total. The van der Waals surface area contributed by atoms with Gasteiger partial charge in [-0.15, -0.1) is 0 Å². The Labute approximate surface area is 178 Å². The van der Waals surface area contributed by atoms with E-state index in [-0.39, 0.29) is 41.4 Å². The Bertz CT molecular complexity index is 360. The maximum Gasteiger partial charge on any atom is 1.00 e. The van der Waals surface area contributed by atoms with Crippen LogP contribution in [0.15, 0.2) is 0 Å². The minimum absolute atomic E-state index is 0. The fraction of sp³-hybridized carbons (Fsp3) is 1.00. The van der Waals surface area contributed by atoms with Gasteiger partial charge in [-0.05, 0) is 19.3 Å². The van der Waals surface area contributed by atoms with Crippen molar-refractivity contribution in [3.8, 4) is 0 Å². The average molecular weight is 387 g/mol. The van der Waals surface area contributed by atoms with Crippen LogP contribution in [0.5, 0.6) is 0 Å². The number of aliphatic hydroxyl groups excluding tert-OH is 1. The van der Waals surface area contributed by atoms with Gasteiger partial charge in [0.25, 0.3) is 0 Å². The zero-order chi connectivity index (χ0) is 18.1. The second-order valence-corrected chi connectivity index (χ2v) is 8.61. The molecule has 0 aromatic rings. The molecule has 0 aromatic heterocycles. The minimum atomic E-state index is -4.01. The van der Waals surface area contributed by atoms with Crippen molar-refractivity contribution in [3.05, 3.63) is 0 Å². The number of rotatable bonds is 18. The molecule has 0 aromatic carbocycles. The van der Waals surface area contributed by atoms with Gasteiger partial charge in [-0.3, -0.25) is 0 Å². The van der Waals surface area contributed by atoms with Gasteiger partial charge in [-0.1, -0.05) is 90.4 Å². The van der Waals surface area contributed by atoms with Crippen molar-refractivity contribution >= 4 is 10.1 Å². The molecule has 0 aliphatic carbocycles. The maximum absolute atomic E-state index is 10.4. The van der Waals surface area contributed by atoms with Crippen LogP contribution in [0.1, 0.15) is 110 Å². The Morgan fingerprint density at radius 3 is 1.48 bits per heavy atom. The van der Waals surface area contributed by atoms with E-state index in [0.717, 1.165) is 44.9 Å². The molecule has 25 heavy (non-hydrogen) atoms. The zero-order valence-electron chi connectivity index (χ0n) is 16.7. The van der Waals surface area contributed by atoms with Gasteiger partial charge >= 0.3 is 29.6 Å². The molecule has 146 valence electrons. The van der Waals surface area contributed by atoms with Crippen LogP contribution in [0.3, 0.4) is 0 Å². The molecule has 0 unspecified atom stereocenters. The van der Waals surface area contributed by atoms with Gasteiger partial charge in [-0.25, -0.2) is 8.42 Å². The number of hydrogen-bond acceptors (Lipinski definition) is 4. The van der Waals surface area contributed by atoms with E-state index in [4.69, 9.17) is 0 Å². The normalized spacial score (nSPS) is 12.8. The Hall–Kier alpha value is 0.870. The minimum Gasteiger partial charge on any atom is -0.748 e. The summed E-state index contributed by atoms with van der Waals surface area (Å²) in [4.78, 5) is 0. The number of unbranched alkanes of at least 4 members (excludes halogenated alkanes) is 12. The zero-order valence-corrected chi connectivity index (χ0v) is 19.5. The fourth-order valence-electron chi connectivity index (χ4n) is 3.01. The molecule has 0 amide bonds. The van der Waals surface area contributed by atoms with E-state index in [1.807, 2.05) is 0 Å². The molecular weight excluding hydrogens is 347 g/mol. The summed E-state index contributed by atoms with van der Waals surface area (Å²) in [5, 5.41) is 9.75. The van der Waals surface area contributed by atoms with E-state index < -0.39 is 10.1 Å². The van der Waals surface area contributed by atoms with Crippen molar-refractivity contribution in [1.29, 1.82) is 0 Å². The Morgan fingerprint density at radius 1 is 0.720 bits per heavy atom. The molecule has 0 rings (SSSR count). The summed E-state index contributed by atoms with van der Waals surface area (Å²) < 4.78 is 31.3. The van der Waals surface area contributed by atoms with Crippen molar-refractivity contribution in [2.45, 2.75) is 116 Å². The summed E-state index contributed by atoms with van der Waals surface area (Å²) in [6, 6.07) is 0. The summed E-state index contributed by atoms with van der Waals surface area (Å²) in [7, 11) is -4.01. The van der Waals surface area contributed by atoms with Crippen LogP contribution in [0.25, 0.3) is 0 Å². The molecule has 0 fully saturated rings. The van der Waals surface area contributed by atoms with Gasteiger partial charge in [0.15, 0.2) is 0 Å². The molecule has 4 nitrogen and oxygen atoms in total. The first kappa shape index (κ1) is 28.1. The topological polar surface area (TPSA) is 77.4 Å². The smallest absolute Gasteiger partial charge is 0.748 e. The first-order valence-corrected chi connectivity index (χ1v) is 11.6. The molecule has 0 heterocycles. The van der Waals surface area contributed by atoms with Gasteiger partial charge in [0.05, 0.1) is 16.2 Å². The largest absolute Gasteiger partial charge is 1.00 e. The van der Waals surface area contributed by atoms with Crippen LogP contribution in [0.2, 0.25) is 0 Å². The Kier molecular flexibility index (Phi) is 22.0. The van der Waals surface area contributed by atoms with Crippen LogP contribution in [-0.4, -0.2) is 29.9 Å². The molecular formula is C19H39NaO4S. The average Bonchev–Trinajstić information content (AvgIpc) is 2.52. The molecule has 0 bridgehead atoms. The van der Waals surface area contributed by atoms with Crippen molar-refractivity contribution in [3.63, 3.8) is 0 Å². The number of aliphatic hydroxyl groups is 1. The van der Waals surface area contributed by atoms with Gasteiger partial charge in [0.1, 0.15) is 0 Å². The standard InChI is InChI=1S/C19H40O4S.Na/c1-2-3-16-19(20)17-14-12-10-8-6-4-5-7-9-11-13-15-18-24(21,22)23;/h19-20H,2-18H2,1H3,(H,21,22,23);/q;+1/p-1/t19-;/m1./s1. The van der Waals surface area contributed by atoms with Gasteiger partial charge in [0.2, 0.25) is 0 Å². The van der Waals surface area contributed by atoms with Gasteiger partial charge in [-0.2, -0.15) is 0 Å². The summed E-state index contributed by atoms with van der Waals surface area (Å²) in [5.74, 6) is -0.206. The first-order valence-electron chi connectivity index (χ1n) is 10.1. The third kappa shape index (κ3) is 24.9. The fourth-order valence-corrected chi connectivity index (χ4v) is 3.57. The second-order valence-electron chi connectivity index (χ2n) is 7.09. The summed E-state index contributed by atoms with van der Waals surface area (Å²) in [5.41, 5.74) is 0.